The smallest absolute Gasteiger partial charge is 0.269 e. The Morgan fingerprint density at radius 3 is 2.44 bits per heavy atom. The maximum absolute atomic E-state index is 11.5. The largest absolute Gasteiger partial charge is 0.293 e. The first-order valence-corrected chi connectivity index (χ1v) is 5.77. The van der Waals surface area contributed by atoms with Gasteiger partial charge < -0.3 is 0 Å². The molecule has 1 N–H and O–H groups in total. The van der Waals surface area contributed by atoms with E-state index in [9.17, 15) is 14.9 Å². The van der Waals surface area contributed by atoms with Gasteiger partial charge in [-0.15, -0.1) is 0 Å². The van der Waals surface area contributed by atoms with E-state index in [0.29, 0.717) is 24.2 Å². The van der Waals surface area contributed by atoms with Gasteiger partial charge in [0.05, 0.1) is 10.6 Å². The molecule has 1 aliphatic carbocycles. The molecule has 0 saturated heterocycles. The van der Waals surface area contributed by atoms with Crippen molar-refractivity contribution in [2.75, 3.05) is 5.43 Å². The number of hydrogen-bond acceptors (Lipinski definition) is 5. The molecule has 0 aromatic heterocycles. The molecule has 1 aromatic rings. The summed E-state index contributed by atoms with van der Waals surface area (Å²) >= 11 is 0. The van der Waals surface area contributed by atoms with Gasteiger partial charge in [-0.2, -0.15) is 5.10 Å². The summed E-state index contributed by atoms with van der Waals surface area (Å²) in [5.74, 6) is 0.0793. The number of Topliss-reactive ketones (excluding diaryl/α,β-unsaturated/α-hetero) is 1. The summed E-state index contributed by atoms with van der Waals surface area (Å²) < 4.78 is 0. The molecule has 1 saturated carbocycles. The van der Waals surface area contributed by atoms with E-state index in [0.717, 1.165) is 12.8 Å². The van der Waals surface area contributed by atoms with Crippen LogP contribution in [0.2, 0.25) is 0 Å². The average molecular weight is 247 g/mol. The highest BCUT2D eigenvalue weighted by Crippen LogP contribution is 2.16. The number of hydrazone groups is 1. The zero-order chi connectivity index (χ0) is 13.0. The monoisotopic (exact) mass is 247 g/mol. The molecule has 94 valence electrons. The lowest BCUT2D eigenvalue weighted by Crippen LogP contribution is -2.19. The third-order valence-corrected chi connectivity index (χ3v) is 2.79. The van der Waals surface area contributed by atoms with Crippen LogP contribution in [0.4, 0.5) is 11.4 Å². The molecule has 6 nitrogen and oxygen atoms in total. The Labute approximate surface area is 104 Å². The zero-order valence-corrected chi connectivity index (χ0v) is 9.76. The predicted molar refractivity (Wildman–Crippen MR) is 67.6 cm³/mol. The summed E-state index contributed by atoms with van der Waals surface area (Å²) in [5, 5.41) is 14.5. The molecule has 0 atom stereocenters. The minimum absolute atomic E-state index is 0.0296. The van der Waals surface area contributed by atoms with Crippen LogP contribution in [-0.4, -0.2) is 16.4 Å². The quantitative estimate of drug-likeness (QED) is 0.656. The van der Waals surface area contributed by atoms with Crippen LogP contribution in [0, 0.1) is 10.1 Å². The van der Waals surface area contributed by atoms with Gasteiger partial charge in [0.1, 0.15) is 5.71 Å². The lowest BCUT2D eigenvalue weighted by atomic mass is 9.97. The molecule has 2 rings (SSSR count). The Kier molecular flexibility index (Phi) is 3.66. The number of nitro benzene ring substituents is 1. The van der Waals surface area contributed by atoms with Crippen LogP contribution in [0.1, 0.15) is 25.7 Å². The topological polar surface area (TPSA) is 84.6 Å². The van der Waals surface area contributed by atoms with Crippen molar-refractivity contribution in [3.63, 3.8) is 0 Å². The van der Waals surface area contributed by atoms with Crippen molar-refractivity contribution in [1.82, 2.24) is 0 Å². The molecule has 0 spiro atoms. The van der Waals surface area contributed by atoms with Crippen molar-refractivity contribution in [3.05, 3.63) is 34.4 Å². The number of carbonyl (C=O) groups is 1. The van der Waals surface area contributed by atoms with Crippen LogP contribution in [0.15, 0.2) is 29.4 Å². The second-order valence-corrected chi connectivity index (χ2v) is 4.10. The Morgan fingerprint density at radius 1 is 1.17 bits per heavy atom. The molecule has 0 aliphatic heterocycles. The number of nitrogens with one attached hydrogen (secondary N) is 1. The van der Waals surface area contributed by atoms with E-state index in [1.807, 2.05) is 0 Å². The van der Waals surface area contributed by atoms with Gasteiger partial charge in [0.25, 0.3) is 5.69 Å². The first-order valence-electron chi connectivity index (χ1n) is 5.77. The molecule has 1 aliphatic rings. The van der Waals surface area contributed by atoms with E-state index in [2.05, 4.69) is 10.5 Å². The van der Waals surface area contributed by atoms with Crippen LogP contribution in [0.25, 0.3) is 0 Å². The van der Waals surface area contributed by atoms with Gasteiger partial charge in [-0.3, -0.25) is 20.3 Å². The van der Waals surface area contributed by atoms with Crippen molar-refractivity contribution in [2.24, 2.45) is 5.10 Å². The third kappa shape index (κ3) is 2.91. The molecule has 6 heteroatoms. The Morgan fingerprint density at radius 2 is 1.83 bits per heavy atom. The summed E-state index contributed by atoms with van der Waals surface area (Å²) in [4.78, 5) is 21.5. The number of hydrogen-bond donors (Lipinski definition) is 1. The van der Waals surface area contributed by atoms with Gasteiger partial charge in [0.2, 0.25) is 0 Å². The van der Waals surface area contributed by atoms with Gasteiger partial charge in [-0.05, 0) is 31.4 Å². The Balaban J connectivity index is 2.03. The van der Waals surface area contributed by atoms with Crippen LogP contribution in [-0.2, 0) is 4.79 Å². The number of ketones is 1. The molecule has 1 aromatic carbocycles. The van der Waals surface area contributed by atoms with E-state index in [4.69, 9.17) is 0 Å². The van der Waals surface area contributed by atoms with E-state index in [1.165, 1.54) is 12.1 Å². The van der Waals surface area contributed by atoms with Gasteiger partial charge >= 0.3 is 0 Å². The van der Waals surface area contributed by atoms with Crippen LogP contribution >= 0.6 is 0 Å². The van der Waals surface area contributed by atoms with Crippen molar-refractivity contribution >= 4 is 22.9 Å². The predicted octanol–water partition coefficient (Wildman–Crippen LogP) is 2.51. The first-order chi connectivity index (χ1) is 8.66. The van der Waals surface area contributed by atoms with Crippen molar-refractivity contribution in [1.29, 1.82) is 0 Å². The van der Waals surface area contributed by atoms with E-state index >= 15 is 0 Å². The summed E-state index contributed by atoms with van der Waals surface area (Å²) in [6.45, 7) is 0. The van der Waals surface area contributed by atoms with Gasteiger partial charge in [-0.1, -0.05) is 0 Å². The highest BCUT2D eigenvalue weighted by Gasteiger charge is 2.16. The fourth-order valence-corrected chi connectivity index (χ4v) is 1.77. The Hall–Kier alpha value is -2.24. The molecule has 0 unspecified atom stereocenters. The first kappa shape index (κ1) is 12.2. The number of anilines is 1. The van der Waals surface area contributed by atoms with Crippen molar-refractivity contribution in [2.45, 2.75) is 25.7 Å². The maximum atomic E-state index is 11.5. The van der Waals surface area contributed by atoms with E-state index in [1.54, 1.807) is 12.1 Å². The SMILES string of the molecule is O=C1CCCC/C1=N\Nc1ccc([N+](=O)[O-])cc1. The Bertz CT molecular complexity index is 494. The fraction of sp³-hybridized carbons (Fsp3) is 0.333. The summed E-state index contributed by atoms with van der Waals surface area (Å²) in [6.07, 6.45) is 3.15. The highest BCUT2D eigenvalue weighted by atomic mass is 16.6. The minimum Gasteiger partial charge on any atom is -0.293 e. The molecule has 0 radical (unpaired) electrons. The number of non-ortho nitro benzene ring substituents is 1. The third-order valence-electron chi connectivity index (χ3n) is 2.79. The average Bonchev–Trinajstić information content (AvgIpc) is 2.38. The van der Waals surface area contributed by atoms with Gasteiger partial charge in [0, 0.05) is 18.6 Å². The van der Waals surface area contributed by atoms with Gasteiger partial charge in [-0.25, -0.2) is 0 Å². The number of nitro groups is 1. The van der Waals surface area contributed by atoms with Crippen molar-refractivity contribution < 1.29 is 9.72 Å². The molecular weight excluding hydrogens is 234 g/mol. The van der Waals surface area contributed by atoms with Crippen LogP contribution in [0.5, 0.6) is 0 Å². The maximum Gasteiger partial charge on any atom is 0.269 e. The molecule has 0 amide bonds. The number of carbonyl (C=O) groups excluding carboxylic acids is 1. The summed E-state index contributed by atoms with van der Waals surface area (Å²) in [5.41, 5.74) is 3.97. The van der Waals surface area contributed by atoms with Crippen molar-refractivity contribution in [3.8, 4) is 0 Å². The summed E-state index contributed by atoms with van der Waals surface area (Å²) in [6, 6.07) is 5.92. The molecule has 0 heterocycles. The second-order valence-electron chi connectivity index (χ2n) is 4.10. The van der Waals surface area contributed by atoms with E-state index < -0.39 is 4.92 Å². The van der Waals surface area contributed by atoms with Gasteiger partial charge in [0.15, 0.2) is 5.78 Å². The van der Waals surface area contributed by atoms with Crippen LogP contribution in [0.3, 0.4) is 0 Å². The lowest BCUT2D eigenvalue weighted by molar-refractivity contribution is -0.384. The lowest BCUT2D eigenvalue weighted by Gasteiger charge is -2.11. The molecular formula is C12H13N3O3. The molecule has 0 bridgehead atoms. The molecule has 18 heavy (non-hydrogen) atoms. The van der Waals surface area contributed by atoms with Crippen LogP contribution < -0.4 is 5.43 Å². The number of nitrogens with zero attached hydrogens (tertiary/aromatic N) is 2. The number of benzene rings is 1. The minimum atomic E-state index is -0.458. The second kappa shape index (κ2) is 5.39. The normalized spacial score (nSPS) is 17.8. The number of rotatable bonds is 3. The standard InChI is InChI=1S/C12H13N3O3/c16-12-4-2-1-3-11(12)14-13-9-5-7-10(8-6-9)15(17)18/h5-8,13H,1-4H2/b14-11+. The molecule has 1 fully saturated rings. The fourth-order valence-electron chi connectivity index (χ4n) is 1.77. The van der Waals surface area contributed by atoms with E-state index in [-0.39, 0.29) is 11.5 Å². The zero-order valence-electron chi connectivity index (χ0n) is 9.76. The summed E-state index contributed by atoms with van der Waals surface area (Å²) in [7, 11) is 0. The highest BCUT2D eigenvalue weighted by molar-refractivity contribution is 6.40.